The molecule has 0 spiro atoms. The zero-order valence-electron chi connectivity index (χ0n) is 13.9. The molecule has 5 heteroatoms. The normalized spacial score (nSPS) is 17.0. The van der Waals surface area contributed by atoms with Crippen molar-refractivity contribution in [1.82, 2.24) is 15.3 Å². The highest BCUT2D eigenvalue weighted by Gasteiger charge is 2.23. The Kier molecular flexibility index (Phi) is 4.29. The predicted octanol–water partition coefficient (Wildman–Crippen LogP) is 2.89. The molecule has 1 aliphatic heterocycles. The molecule has 1 amide bonds. The summed E-state index contributed by atoms with van der Waals surface area (Å²) in [5.41, 5.74) is 2.30. The number of carbonyl (C=O) groups is 1. The monoisotopic (exact) mass is 332 g/mol. The highest BCUT2D eigenvalue weighted by atomic mass is 16.1. The number of aromatic nitrogens is 2. The van der Waals surface area contributed by atoms with E-state index in [0.29, 0.717) is 23.7 Å². The third kappa shape index (κ3) is 3.31. The average Bonchev–Trinajstić information content (AvgIpc) is 3.15. The van der Waals surface area contributed by atoms with E-state index in [1.54, 1.807) is 12.4 Å². The Bertz CT molecular complexity index is 876. The van der Waals surface area contributed by atoms with Crippen molar-refractivity contribution in [3.05, 3.63) is 66.6 Å². The fraction of sp³-hybridized carbons (Fsp3) is 0.250. The van der Waals surface area contributed by atoms with Gasteiger partial charge in [-0.2, -0.15) is 0 Å². The van der Waals surface area contributed by atoms with Crippen LogP contribution in [0.4, 0.5) is 5.69 Å². The molecule has 1 fully saturated rings. The van der Waals surface area contributed by atoms with E-state index in [2.05, 4.69) is 44.5 Å². The third-order valence-corrected chi connectivity index (χ3v) is 4.69. The van der Waals surface area contributed by atoms with Gasteiger partial charge < -0.3 is 10.2 Å². The maximum absolute atomic E-state index is 12.5. The topological polar surface area (TPSA) is 58.1 Å². The number of fused-ring (bicyclic) bond motifs is 1. The largest absolute Gasteiger partial charge is 0.371 e. The molecule has 3 aromatic rings. The highest BCUT2D eigenvalue weighted by Crippen LogP contribution is 2.23. The maximum atomic E-state index is 12.5. The van der Waals surface area contributed by atoms with Crippen molar-refractivity contribution in [1.29, 1.82) is 0 Å². The van der Waals surface area contributed by atoms with Gasteiger partial charge in [-0.25, -0.2) is 4.98 Å². The predicted molar refractivity (Wildman–Crippen MR) is 98.6 cm³/mol. The Morgan fingerprint density at radius 1 is 1.08 bits per heavy atom. The van der Waals surface area contributed by atoms with Crippen LogP contribution in [-0.2, 0) is 0 Å². The molecule has 1 unspecified atom stereocenters. The molecule has 5 nitrogen and oxygen atoms in total. The van der Waals surface area contributed by atoms with E-state index in [1.165, 1.54) is 5.69 Å². The molecular formula is C20H20N4O. The van der Waals surface area contributed by atoms with Gasteiger partial charge in [-0.1, -0.05) is 24.3 Å². The van der Waals surface area contributed by atoms with Crippen molar-refractivity contribution in [3.8, 4) is 0 Å². The van der Waals surface area contributed by atoms with Gasteiger partial charge in [0.15, 0.2) is 5.69 Å². The van der Waals surface area contributed by atoms with E-state index >= 15 is 0 Å². The smallest absolute Gasteiger partial charge is 0.272 e. The third-order valence-electron chi connectivity index (χ3n) is 4.69. The van der Waals surface area contributed by atoms with E-state index in [-0.39, 0.29) is 5.91 Å². The first-order valence-electron chi connectivity index (χ1n) is 8.59. The van der Waals surface area contributed by atoms with E-state index in [9.17, 15) is 4.79 Å². The minimum absolute atomic E-state index is 0.150. The number of benzene rings is 1. The summed E-state index contributed by atoms with van der Waals surface area (Å²) < 4.78 is 0. The summed E-state index contributed by atoms with van der Waals surface area (Å²) in [6, 6.07) is 16.1. The van der Waals surface area contributed by atoms with Crippen LogP contribution in [0.2, 0.25) is 0 Å². The Morgan fingerprint density at radius 3 is 2.84 bits per heavy atom. The molecule has 1 aromatic carbocycles. The molecule has 0 radical (unpaired) electrons. The lowest BCUT2D eigenvalue weighted by Crippen LogP contribution is -2.31. The number of rotatable bonds is 4. The van der Waals surface area contributed by atoms with Crippen molar-refractivity contribution in [3.63, 3.8) is 0 Å². The van der Waals surface area contributed by atoms with Crippen LogP contribution in [0.5, 0.6) is 0 Å². The Balaban J connectivity index is 1.39. The van der Waals surface area contributed by atoms with Crippen LogP contribution in [0.15, 0.2) is 60.9 Å². The fourth-order valence-corrected chi connectivity index (χ4v) is 3.36. The van der Waals surface area contributed by atoms with Gasteiger partial charge in [0.05, 0.1) is 0 Å². The molecule has 2 aromatic heterocycles. The van der Waals surface area contributed by atoms with E-state index in [1.807, 2.05) is 24.3 Å². The first kappa shape index (κ1) is 15.6. The molecule has 1 atom stereocenters. The molecule has 1 saturated heterocycles. The summed E-state index contributed by atoms with van der Waals surface area (Å²) in [5.74, 6) is 0.301. The summed E-state index contributed by atoms with van der Waals surface area (Å²) in [5, 5.41) is 3.97. The number of anilines is 1. The van der Waals surface area contributed by atoms with Gasteiger partial charge in [0, 0.05) is 43.1 Å². The van der Waals surface area contributed by atoms with E-state index in [4.69, 9.17) is 0 Å². The minimum atomic E-state index is -0.150. The molecule has 3 heterocycles. The maximum Gasteiger partial charge on any atom is 0.272 e. The van der Waals surface area contributed by atoms with Crippen LogP contribution >= 0.6 is 0 Å². The average molecular weight is 332 g/mol. The second kappa shape index (κ2) is 6.89. The van der Waals surface area contributed by atoms with Crippen LogP contribution in [0, 0.1) is 5.92 Å². The lowest BCUT2D eigenvalue weighted by atomic mass is 10.1. The number of carbonyl (C=O) groups excluding carboxylic acids is 1. The molecular weight excluding hydrogens is 312 g/mol. The van der Waals surface area contributed by atoms with Gasteiger partial charge in [0.1, 0.15) is 5.52 Å². The molecule has 0 saturated carbocycles. The van der Waals surface area contributed by atoms with Crippen LogP contribution in [0.1, 0.15) is 16.9 Å². The summed E-state index contributed by atoms with van der Waals surface area (Å²) in [4.78, 5) is 23.4. The highest BCUT2D eigenvalue weighted by molar-refractivity contribution is 6.03. The number of nitrogens with zero attached hydrogens (tertiary/aromatic N) is 3. The second-order valence-corrected chi connectivity index (χ2v) is 6.38. The van der Waals surface area contributed by atoms with Crippen molar-refractivity contribution >= 4 is 22.5 Å². The fourth-order valence-electron chi connectivity index (χ4n) is 3.36. The molecule has 126 valence electrons. The summed E-state index contributed by atoms with van der Waals surface area (Å²) in [6.07, 6.45) is 4.43. The first-order chi connectivity index (χ1) is 12.3. The second-order valence-electron chi connectivity index (χ2n) is 6.38. The van der Waals surface area contributed by atoms with Gasteiger partial charge in [0.2, 0.25) is 0 Å². The van der Waals surface area contributed by atoms with Crippen molar-refractivity contribution in [2.75, 3.05) is 24.5 Å². The number of nitrogens with one attached hydrogen (secondary N) is 1. The Hall–Kier alpha value is -2.95. The molecule has 1 aliphatic rings. The van der Waals surface area contributed by atoms with Crippen LogP contribution in [0.25, 0.3) is 10.9 Å². The molecule has 0 aliphatic carbocycles. The molecule has 1 N–H and O–H groups in total. The van der Waals surface area contributed by atoms with Crippen molar-refractivity contribution in [2.24, 2.45) is 5.92 Å². The van der Waals surface area contributed by atoms with E-state index < -0.39 is 0 Å². The van der Waals surface area contributed by atoms with Gasteiger partial charge in [-0.05, 0) is 36.6 Å². The van der Waals surface area contributed by atoms with Gasteiger partial charge >= 0.3 is 0 Å². The Morgan fingerprint density at radius 2 is 1.96 bits per heavy atom. The van der Waals surface area contributed by atoms with Gasteiger partial charge in [0.25, 0.3) is 5.91 Å². The number of hydrogen-bond acceptors (Lipinski definition) is 4. The summed E-state index contributed by atoms with van der Waals surface area (Å²) in [7, 11) is 0. The zero-order valence-corrected chi connectivity index (χ0v) is 13.9. The number of pyridine rings is 2. The number of amides is 1. The first-order valence-corrected chi connectivity index (χ1v) is 8.59. The molecule has 25 heavy (non-hydrogen) atoms. The minimum Gasteiger partial charge on any atom is -0.371 e. The number of para-hydroxylation sites is 1. The van der Waals surface area contributed by atoms with Crippen LogP contribution in [-0.4, -0.2) is 35.5 Å². The SMILES string of the molecule is O=C(NCC1CCN(c2ccccc2)C1)c1nccc2cccnc12. The van der Waals surface area contributed by atoms with Gasteiger partial charge in [-0.3, -0.25) is 9.78 Å². The van der Waals surface area contributed by atoms with Crippen LogP contribution < -0.4 is 10.2 Å². The van der Waals surface area contributed by atoms with Crippen molar-refractivity contribution < 1.29 is 4.79 Å². The van der Waals surface area contributed by atoms with Crippen LogP contribution in [0.3, 0.4) is 0 Å². The Labute approximate surface area is 146 Å². The lowest BCUT2D eigenvalue weighted by Gasteiger charge is -2.18. The quantitative estimate of drug-likeness (QED) is 0.798. The zero-order chi connectivity index (χ0) is 17.1. The standard InChI is InChI=1S/C20H20N4O/c25-20(19-18-16(8-11-22-19)5-4-10-21-18)23-13-15-9-12-24(14-15)17-6-2-1-3-7-17/h1-8,10-11,15H,9,12-14H2,(H,23,25). The summed E-state index contributed by atoms with van der Waals surface area (Å²) in [6.45, 7) is 2.65. The molecule has 4 rings (SSSR count). The van der Waals surface area contributed by atoms with Crippen molar-refractivity contribution in [2.45, 2.75) is 6.42 Å². The summed E-state index contributed by atoms with van der Waals surface area (Å²) >= 11 is 0. The number of hydrogen-bond donors (Lipinski definition) is 1. The molecule has 0 bridgehead atoms. The lowest BCUT2D eigenvalue weighted by molar-refractivity contribution is 0.0945. The van der Waals surface area contributed by atoms with Gasteiger partial charge in [-0.15, -0.1) is 0 Å². The van der Waals surface area contributed by atoms with E-state index in [0.717, 1.165) is 24.9 Å².